The zero-order valence-corrected chi connectivity index (χ0v) is 5.10. The Bertz CT molecular complexity index is 270. The Balaban J connectivity index is 3.43. The van der Waals surface area contributed by atoms with E-state index in [2.05, 4.69) is 0 Å². The van der Waals surface area contributed by atoms with E-state index in [1.165, 1.54) is 12.1 Å². The van der Waals surface area contributed by atoms with Gasteiger partial charge in [-0.25, -0.2) is 0 Å². The molecule has 0 aliphatic rings. The largest absolute Gasteiger partial charge is 0.279 e. The van der Waals surface area contributed by atoms with Crippen LogP contribution in [0.5, 0.6) is 0 Å². The Kier molecular flexibility index (Phi) is 1.53. The molecule has 0 aliphatic carbocycles. The Morgan fingerprint density at radius 1 is 1.56 bits per heavy atom. The number of hydrogen-bond donors (Lipinski definition) is 0. The Morgan fingerprint density at radius 3 is 2.67 bits per heavy atom. The third-order valence-electron chi connectivity index (χ3n) is 0.854. The normalized spacial score (nSPS) is 9.56. The predicted octanol–water partition coefficient (Wildman–Crippen LogP) is 1.23. The minimum atomic E-state index is -0.748. The van der Waals surface area contributed by atoms with E-state index in [-0.39, 0.29) is 9.94 Å². The second kappa shape index (κ2) is 2.19. The SMILES string of the molecule is O=c1cccc(Cl)n1F. The molecule has 1 heterocycles. The summed E-state index contributed by atoms with van der Waals surface area (Å²) >= 11 is 5.20. The van der Waals surface area contributed by atoms with Crippen LogP contribution in [0.3, 0.4) is 0 Å². The molecule has 1 aromatic rings. The van der Waals surface area contributed by atoms with Crippen molar-refractivity contribution in [2.24, 2.45) is 0 Å². The molecule has 48 valence electrons. The van der Waals surface area contributed by atoms with Gasteiger partial charge < -0.3 is 0 Å². The van der Waals surface area contributed by atoms with Crippen LogP contribution in [0.2, 0.25) is 5.15 Å². The molecule has 0 amide bonds. The van der Waals surface area contributed by atoms with E-state index >= 15 is 0 Å². The quantitative estimate of drug-likeness (QED) is 0.506. The molecule has 4 heteroatoms. The predicted molar refractivity (Wildman–Crippen MR) is 32.2 cm³/mol. The fourth-order valence-corrected chi connectivity index (χ4v) is 0.602. The minimum absolute atomic E-state index is 0.123. The lowest BCUT2D eigenvalue weighted by Crippen LogP contribution is -2.11. The summed E-state index contributed by atoms with van der Waals surface area (Å²) in [6.07, 6.45) is 0. The van der Waals surface area contributed by atoms with Crippen LogP contribution in [0.25, 0.3) is 0 Å². The van der Waals surface area contributed by atoms with Crippen LogP contribution >= 0.6 is 11.6 Å². The van der Waals surface area contributed by atoms with Gasteiger partial charge in [0.25, 0.3) is 5.56 Å². The van der Waals surface area contributed by atoms with E-state index < -0.39 is 5.56 Å². The molecule has 1 aromatic heterocycles. The lowest BCUT2D eigenvalue weighted by Gasteiger charge is -1.90. The lowest BCUT2D eigenvalue weighted by atomic mass is 10.5. The molecule has 2 nitrogen and oxygen atoms in total. The lowest BCUT2D eigenvalue weighted by molar-refractivity contribution is 0.353. The van der Waals surface area contributed by atoms with Crippen molar-refractivity contribution in [3.05, 3.63) is 33.7 Å². The number of aromatic nitrogens is 1. The van der Waals surface area contributed by atoms with Gasteiger partial charge in [-0.1, -0.05) is 22.1 Å². The molecule has 0 aromatic carbocycles. The molecule has 1 rings (SSSR count). The van der Waals surface area contributed by atoms with Gasteiger partial charge in [0.15, 0.2) is 0 Å². The Morgan fingerprint density at radius 2 is 2.22 bits per heavy atom. The second-order valence-corrected chi connectivity index (χ2v) is 1.85. The highest BCUT2D eigenvalue weighted by atomic mass is 35.5. The number of rotatable bonds is 0. The smallest absolute Gasteiger partial charge is 0.267 e. The average molecular weight is 148 g/mol. The summed E-state index contributed by atoms with van der Waals surface area (Å²) in [5.74, 6) is 0. The topological polar surface area (TPSA) is 22.0 Å². The van der Waals surface area contributed by atoms with E-state index in [0.717, 1.165) is 6.07 Å². The van der Waals surface area contributed by atoms with Gasteiger partial charge in [-0.05, 0) is 6.07 Å². The minimum Gasteiger partial charge on any atom is -0.267 e. The molecule has 0 atom stereocenters. The molecule has 0 fully saturated rings. The van der Waals surface area contributed by atoms with Crippen LogP contribution in [-0.2, 0) is 0 Å². The fourth-order valence-electron chi connectivity index (χ4n) is 0.446. The molecule has 0 unspecified atom stereocenters. The monoisotopic (exact) mass is 147 g/mol. The number of hydrogen-bond acceptors (Lipinski definition) is 1. The van der Waals surface area contributed by atoms with Crippen molar-refractivity contribution >= 4 is 11.6 Å². The zero-order chi connectivity index (χ0) is 6.85. The molecule has 0 N–H and O–H groups in total. The molecule has 0 spiro atoms. The molecule has 0 radical (unpaired) electrons. The van der Waals surface area contributed by atoms with Crippen LogP contribution in [-0.4, -0.2) is 4.79 Å². The van der Waals surface area contributed by atoms with Crippen molar-refractivity contribution in [2.45, 2.75) is 0 Å². The molecular weight excluding hydrogens is 145 g/mol. The van der Waals surface area contributed by atoms with E-state index in [4.69, 9.17) is 11.6 Å². The Hall–Kier alpha value is -0.830. The van der Waals surface area contributed by atoms with Crippen molar-refractivity contribution in [1.82, 2.24) is 4.79 Å². The van der Waals surface area contributed by atoms with Crippen molar-refractivity contribution in [3.63, 3.8) is 0 Å². The summed E-state index contributed by atoms with van der Waals surface area (Å²) in [4.78, 5) is 10.2. The van der Waals surface area contributed by atoms with E-state index in [1.54, 1.807) is 0 Å². The van der Waals surface area contributed by atoms with Gasteiger partial charge in [0.2, 0.25) is 0 Å². The highest BCUT2D eigenvalue weighted by Crippen LogP contribution is 2.02. The third kappa shape index (κ3) is 1.10. The highest BCUT2D eigenvalue weighted by molar-refractivity contribution is 6.29. The van der Waals surface area contributed by atoms with Crippen molar-refractivity contribution in [2.75, 3.05) is 0 Å². The van der Waals surface area contributed by atoms with Crippen molar-refractivity contribution < 1.29 is 4.48 Å². The molecule has 0 aliphatic heterocycles. The van der Waals surface area contributed by atoms with Gasteiger partial charge in [0.05, 0.1) is 0 Å². The number of pyridine rings is 1. The van der Waals surface area contributed by atoms with Gasteiger partial charge in [-0.15, -0.1) is 4.79 Å². The number of halogens is 2. The summed E-state index contributed by atoms with van der Waals surface area (Å²) in [7, 11) is 0. The molecule has 0 saturated heterocycles. The maximum absolute atomic E-state index is 12.2. The first-order valence-corrected chi connectivity index (χ1v) is 2.63. The van der Waals surface area contributed by atoms with E-state index in [9.17, 15) is 9.28 Å². The summed E-state index contributed by atoms with van der Waals surface area (Å²) in [6, 6.07) is 3.77. The van der Waals surface area contributed by atoms with Gasteiger partial charge in [0, 0.05) is 6.07 Å². The van der Waals surface area contributed by atoms with Crippen molar-refractivity contribution in [3.8, 4) is 0 Å². The summed E-state index contributed by atoms with van der Waals surface area (Å²) in [5, 5.41) is -0.206. The van der Waals surface area contributed by atoms with Gasteiger partial charge >= 0.3 is 0 Å². The first-order valence-electron chi connectivity index (χ1n) is 2.25. The molecule has 0 bridgehead atoms. The zero-order valence-electron chi connectivity index (χ0n) is 4.34. The van der Waals surface area contributed by atoms with Gasteiger partial charge in [-0.3, -0.25) is 4.79 Å². The van der Waals surface area contributed by atoms with E-state index in [0.29, 0.717) is 0 Å². The van der Waals surface area contributed by atoms with Gasteiger partial charge in [-0.2, -0.15) is 0 Å². The van der Waals surface area contributed by atoms with Crippen LogP contribution in [0.15, 0.2) is 23.0 Å². The van der Waals surface area contributed by atoms with Crippen LogP contribution in [0, 0.1) is 0 Å². The first kappa shape index (κ1) is 6.29. The number of nitrogens with zero attached hydrogens (tertiary/aromatic N) is 1. The third-order valence-corrected chi connectivity index (χ3v) is 1.13. The maximum Gasteiger partial charge on any atom is 0.279 e. The second-order valence-electron chi connectivity index (χ2n) is 1.47. The van der Waals surface area contributed by atoms with Crippen LogP contribution < -0.4 is 5.56 Å². The van der Waals surface area contributed by atoms with E-state index in [1.807, 2.05) is 0 Å². The first-order chi connectivity index (χ1) is 4.22. The highest BCUT2D eigenvalue weighted by Gasteiger charge is 1.95. The fraction of sp³-hybridized carbons (Fsp3) is 0. The average Bonchev–Trinajstić information content (AvgIpc) is 1.83. The molecular formula is C5H3ClFNO. The van der Waals surface area contributed by atoms with Crippen LogP contribution in [0.4, 0.5) is 4.48 Å². The maximum atomic E-state index is 12.2. The summed E-state index contributed by atoms with van der Waals surface area (Å²) < 4.78 is 12.2. The molecule has 9 heavy (non-hydrogen) atoms. The molecule has 0 saturated carbocycles. The standard InChI is InChI=1S/C5H3ClFNO/c6-4-2-1-3-5(9)8(4)7/h1-3H. The van der Waals surface area contributed by atoms with Crippen molar-refractivity contribution in [1.29, 1.82) is 0 Å². The van der Waals surface area contributed by atoms with Crippen LogP contribution in [0.1, 0.15) is 0 Å². The summed E-state index contributed by atoms with van der Waals surface area (Å²) in [6.45, 7) is 0. The summed E-state index contributed by atoms with van der Waals surface area (Å²) in [5.41, 5.74) is -0.748. The Labute approximate surface area is 55.4 Å². The van der Waals surface area contributed by atoms with Gasteiger partial charge in [0.1, 0.15) is 5.15 Å².